The number of ether oxygens (including phenoxy) is 1. The van der Waals surface area contributed by atoms with Crippen LogP contribution in [0.2, 0.25) is 0 Å². The van der Waals surface area contributed by atoms with E-state index in [0.717, 1.165) is 34.0 Å². The predicted octanol–water partition coefficient (Wildman–Crippen LogP) is 6.03. The van der Waals surface area contributed by atoms with Crippen molar-refractivity contribution >= 4 is 45.7 Å². The molecule has 1 saturated heterocycles. The van der Waals surface area contributed by atoms with Crippen LogP contribution in [0, 0.1) is 5.82 Å². The van der Waals surface area contributed by atoms with E-state index in [4.69, 9.17) is 4.74 Å². The topological polar surface area (TPSA) is 116 Å². The second-order valence-corrected chi connectivity index (χ2v) is 13.8. The van der Waals surface area contributed by atoms with Crippen molar-refractivity contribution in [3.05, 3.63) is 102 Å². The normalized spacial score (nSPS) is 18.0. The summed E-state index contributed by atoms with van der Waals surface area (Å²) < 4.78 is 18.7. The zero-order valence-electron chi connectivity index (χ0n) is 28.0. The van der Waals surface area contributed by atoms with E-state index in [1.54, 1.807) is 30.6 Å². The van der Waals surface area contributed by atoms with Crippen molar-refractivity contribution in [1.82, 2.24) is 30.0 Å². The summed E-state index contributed by atoms with van der Waals surface area (Å²) in [5.41, 5.74) is 6.63. The maximum atomic E-state index is 14.3. The number of thioether (sulfide) groups is 1. The van der Waals surface area contributed by atoms with Crippen LogP contribution >= 0.6 is 11.8 Å². The number of likely N-dealkylation sites (tertiary alicyclic amines) is 1. The fourth-order valence-electron chi connectivity index (χ4n) is 6.71. The molecule has 0 spiro atoms. The molecular formula is C38H38FN7O3S. The minimum absolute atomic E-state index is 0.0709. The first kappa shape index (κ1) is 33.6. The summed E-state index contributed by atoms with van der Waals surface area (Å²) in [5, 5.41) is 11.5. The van der Waals surface area contributed by atoms with Gasteiger partial charge in [0.1, 0.15) is 10.6 Å². The second-order valence-electron chi connectivity index (χ2n) is 12.7. The molecular weight excluding hydrogens is 654 g/mol. The number of amides is 2. The number of hydrogen-bond donors (Lipinski definition) is 2. The molecule has 0 unspecified atom stereocenters. The van der Waals surface area contributed by atoms with Gasteiger partial charge >= 0.3 is 0 Å². The Morgan fingerprint density at radius 1 is 1.02 bits per heavy atom. The zero-order valence-corrected chi connectivity index (χ0v) is 28.8. The van der Waals surface area contributed by atoms with Gasteiger partial charge in [-0.25, -0.2) is 14.4 Å². The SMILES string of the molecule is COCc1cc(-c2n[nH]c3ccc(NC(=O)[C@]4(SC)CCN(CC(=O)N5CC=C(c6ccc(-c7ncccn7)cc6)CC5)C4)cc23)ccc1F. The maximum Gasteiger partial charge on any atom is 0.241 e. The number of fused-ring (bicyclic) bond motifs is 1. The molecule has 7 rings (SSSR count). The van der Waals surface area contributed by atoms with Crippen LogP contribution in [0.15, 0.2) is 85.2 Å². The molecule has 3 aromatic carbocycles. The van der Waals surface area contributed by atoms with Crippen molar-refractivity contribution < 1.29 is 18.7 Å². The van der Waals surface area contributed by atoms with Crippen LogP contribution in [-0.2, 0) is 20.9 Å². The van der Waals surface area contributed by atoms with E-state index in [9.17, 15) is 14.0 Å². The minimum Gasteiger partial charge on any atom is -0.380 e. The molecule has 2 aliphatic heterocycles. The molecule has 0 radical (unpaired) electrons. The Hall–Kier alpha value is -4.91. The van der Waals surface area contributed by atoms with E-state index in [1.165, 1.54) is 30.5 Å². The number of carbonyl (C=O) groups excluding carboxylic acids is 2. The summed E-state index contributed by atoms with van der Waals surface area (Å²) in [6.07, 6.45) is 8.97. The highest BCUT2D eigenvalue weighted by Gasteiger charge is 2.44. The summed E-state index contributed by atoms with van der Waals surface area (Å²) >= 11 is 1.52. The molecule has 0 saturated carbocycles. The van der Waals surface area contributed by atoms with E-state index < -0.39 is 4.75 Å². The number of hydrogen-bond acceptors (Lipinski definition) is 8. The van der Waals surface area contributed by atoms with Crippen molar-refractivity contribution in [1.29, 1.82) is 0 Å². The molecule has 0 aliphatic carbocycles. The van der Waals surface area contributed by atoms with Gasteiger partial charge in [0.05, 0.1) is 24.4 Å². The molecule has 4 heterocycles. The Morgan fingerprint density at radius 2 is 1.80 bits per heavy atom. The molecule has 2 aromatic heterocycles. The van der Waals surface area contributed by atoms with Crippen LogP contribution in [0.1, 0.15) is 24.0 Å². The smallest absolute Gasteiger partial charge is 0.241 e. The van der Waals surface area contributed by atoms with Crippen LogP contribution in [-0.4, -0.2) is 92.6 Å². The molecule has 10 nitrogen and oxygen atoms in total. The lowest BCUT2D eigenvalue weighted by Gasteiger charge is -2.29. The van der Waals surface area contributed by atoms with E-state index in [1.807, 2.05) is 41.5 Å². The van der Waals surface area contributed by atoms with Crippen molar-refractivity contribution in [2.24, 2.45) is 0 Å². The van der Waals surface area contributed by atoms with Gasteiger partial charge in [-0.2, -0.15) is 5.10 Å². The monoisotopic (exact) mass is 691 g/mol. The standard InChI is InChI=1S/C38H38FN7O3S/c1-49-23-29-20-28(8-10-32(29)39)35-31-21-30(9-11-33(31)43-44-35)42-37(48)38(50-2)14-19-45(24-38)22-34(47)46-17-12-26(13-18-46)25-4-6-27(7-5-25)36-40-15-3-16-41-36/h3-12,15-16,20-21H,13-14,17-19,22-24H2,1-2H3,(H,42,48)(H,43,44)/t38-/m0/s1. The highest BCUT2D eigenvalue weighted by atomic mass is 32.2. The number of carbonyl (C=O) groups is 2. The fraction of sp³-hybridized carbons (Fsp3) is 0.289. The molecule has 12 heteroatoms. The molecule has 2 amide bonds. The third kappa shape index (κ3) is 6.91. The summed E-state index contributed by atoms with van der Waals surface area (Å²) in [6.45, 7) is 2.78. The molecule has 5 aromatic rings. The third-order valence-corrected chi connectivity index (χ3v) is 10.9. The van der Waals surface area contributed by atoms with Crippen molar-refractivity contribution in [3.8, 4) is 22.6 Å². The molecule has 2 aliphatic rings. The number of nitrogens with zero attached hydrogens (tertiary/aromatic N) is 5. The first-order valence-electron chi connectivity index (χ1n) is 16.6. The average Bonchev–Trinajstić information content (AvgIpc) is 3.78. The van der Waals surface area contributed by atoms with Gasteiger partial charge in [0.2, 0.25) is 11.8 Å². The van der Waals surface area contributed by atoms with Crippen LogP contribution < -0.4 is 5.32 Å². The van der Waals surface area contributed by atoms with Crippen molar-refractivity contribution in [3.63, 3.8) is 0 Å². The lowest BCUT2D eigenvalue weighted by Crippen LogP contribution is -2.45. The van der Waals surface area contributed by atoms with Gasteiger partial charge in [-0.3, -0.25) is 19.6 Å². The fourth-order valence-corrected chi connectivity index (χ4v) is 7.56. The van der Waals surface area contributed by atoms with Gasteiger partial charge in [0.25, 0.3) is 0 Å². The number of benzene rings is 3. The number of halogens is 1. The Morgan fingerprint density at radius 3 is 2.54 bits per heavy atom. The lowest BCUT2D eigenvalue weighted by molar-refractivity contribution is -0.132. The van der Waals surface area contributed by atoms with E-state index in [0.29, 0.717) is 55.4 Å². The van der Waals surface area contributed by atoms with Gasteiger partial charge in [0, 0.05) is 73.4 Å². The van der Waals surface area contributed by atoms with Crippen LogP contribution in [0.4, 0.5) is 10.1 Å². The van der Waals surface area contributed by atoms with E-state index >= 15 is 0 Å². The van der Waals surface area contributed by atoms with Gasteiger partial charge in [-0.15, -0.1) is 11.8 Å². The summed E-state index contributed by atoms with van der Waals surface area (Å²) in [7, 11) is 1.53. The number of nitrogens with one attached hydrogen (secondary N) is 2. The van der Waals surface area contributed by atoms with Crippen LogP contribution in [0.3, 0.4) is 0 Å². The van der Waals surface area contributed by atoms with Crippen LogP contribution in [0.25, 0.3) is 39.1 Å². The second kappa shape index (κ2) is 14.5. The molecule has 1 atom stereocenters. The molecule has 50 heavy (non-hydrogen) atoms. The number of anilines is 1. The summed E-state index contributed by atoms with van der Waals surface area (Å²) in [6, 6.07) is 20.5. The lowest BCUT2D eigenvalue weighted by atomic mass is 9.98. The van der Waals surface area contributed by atoms with E-state index in [2.05, 4.69) is 48.6 Å². The number of aromatic amines is 1. The van der Waals surface area contributed by atoms with E-state index in [-0.39, 0.29) is 30.8 Å². The zero-order chi connectivity index (χ0) is 34.7. The highest BCUT2D eigenvalue weighted by molar-refractivity contribution is 8.00. The number of aromatic nitrogens is 4. The Bertz CT molecular complexity index is 2050. The molecule has 2 N–H and O–H groups in total. The van der Waals surface area contributed by atoms with Gasteiger partial charge < -0.3 is 15.0 Å². The van der Waals surface area contributed by atoms with Crippen LogP contribution in [0.5, 0.6) is 0 Å². The molecule has 0 bridgehead atoms. The third-order valence-electron chi connectivity index (χ3n) is 9.56. The number of methoxy groups -OCH3 is 1. The van der Waals surface area contributed by atoms with Crippen molar-refractivity contribution in [2.45, 2.75) is 24.2 Å². The average molecular weight is 692 g/mol. The minimum atomic E-state index is -0.688. The number of rotatable bonds is 10. The van der Waals surface area contributed by atoms with Gasteiger partial charge in [-0.1, -0.05) is 30.3 Å². The van der Waals surface area contributed by atoms with Crippen molar-refractivity contribution in [2.75, 3.05) is 51.4 Å². The Kier molecular flexibility index (Phi) is 9.75. The molecule has 1 fully saturated rings. The first-order chi connectivity index (χ1) is 24.4. The maximum absolute atomic E-state index is 14.3. The molecule has 256 valence electrons. The van der Waals surface area contributed by atoms with Gasteiger partial charge in [-0.05, 0) is 72.7 Å². The predicted molar refractivity (Wildman–Crippen MR) is 195 cm³/mol. The quantitative estimate of drug-likeness (QED) is 0.182. The Labute approximate surface area is 294 Å². The summed E-state index contributed by atoms with van der Waals surface area (Å²) in [5.74, 6) is 0.339. The number of H-pyrrole nitrogens is 1. The van der Waals surface area contributed by atoms with Gasteiger partial charge in [0.15, 0.2) is 5.82 Å². The Balaban J connectivity index is 0.969. The highest BCUT2D eigenvalue weighted by Crippen LogP contribution is 2.36. The largest absolute Gasteiger partial charge is 0.380 e. The summed E-state index contributed by atoms with van der Waals surface area (Å²) in [4.78, 5) is 39.8. The first-order valence-corrected chi connectivity index (χ1v) is 17.8.